The second-order valence-corrected chi connectivity index (χ2v) is 8.08. The van der Waals surface area contributed by atoms with Gasteiger partial charge in [0.05, 0.1) is 11.3 Å². The zero-order valence-electron chi connectivity index (χ0n) is 17.6. The highest BCUT2D eigenvalue weighted by molar-refractivity contribution is 6.24. The van der Waals surface area contributed by atoms with Crippen molar-refractivity contribution < 1.29 is 39.6 Å². The van der Waals surface area contributed by atoms with Crippen LogP contribution in [0.3, 0.4) is 0 Å². The lowest BCUT2D eigenvalue weighted by Crippen LogP contribution is -2.36. The molecule has 0 aromatic heterocycles. The highest BCUT2D eigenvalue weighted by Crippen LogP contribution is 2.43. The topological polar surface area (TPSA) is 149 Å². The van der Waals surface area contributed by atoms with E-state index in [0.29, 0.717) is 6.42 Å². The molecule has 8 heteroatoms. The van der Waals surface area contributed by atoms with Gasteiger partial charge in [0.1, 0.15) is 34.2 Å². The van der Waals surface area contributed by atoms with Crippen molar-refractivity contribution in [2.75, 3.05) is 0 Å². The molecule has 2 aliphatic carbocycles. The standard InChI is InChI=1S/C22H26O8/c1-6-7-13(24)15-17(26)9(2)16(25)11(18(15)27)8-12-19(28)14(10(3)23)21(30)22(4,5)20(12)29/h9,25,27-29H,6-8H2,1-5H3. The first-order valence-electron chi connectivity index (χ1n) is 9.63. The largest absolute Gasteiger partial charge is 0.511 e. The van der Waals surface area contributed by atoms with Gasteiger partial charge in [0, 0.05) is 24.0 Å². The van der Waals surface area contributed by atoms with Gasteiger partial charge in [-0.25, -0.2) is 0 Å². The number of Topliss-reactive ketones (excluding diaryl/α,β-unsaturated/α-hetero) is 4. The summed E-state index contributed by atoms with van der Waals surface area (Å²) in [4.78, 5) is 49.3. The molecule has 4 N–H and O–H groups in total. The Kier molecular flexibility index (Phi) is 6.11. The van der Waals surface area contributed by atoms with Crippen molar-refractivity contribution >= 4 is 23.1 Å². The molecule has 0 fully saturated rings. The Balaban J connectivity index is 2.70. The molecule has 0 saturated carbocycles. The summed E-state index contributed by atoms with van der Waals surface area (Å²) in [5.74, 6) is -6.45. The molecule has 1 atom stereocenters. The molecule has 30 heavy (non-hydrogen) atoms. The van der Waals surface area contributed by atoms with Gasteiger partial charge in [-0.2, -0.15) is 0 Å². The summed E-state index contributed by atoms with van der Waals surface area (Å²) in [5, 5.41) is 42.3. The van der Waals surface area contributed by atoms with Crippen LogP contribution in [-0.2, 0) is 19.2 Å². The van der Waals surface area contributed by atoms with Crippen LogP contribution in [-0.4, -0.2) is 43.6 Å². The zero-order chi connectivity index (χ0) is 23.1. The van der Waals surface area contributed by atoms with E-state index in [1.165, 1.54) is 20.8 Å². The van der Waals surface area contributed by atoms with Crippen molar-refractivity contribution in [3.05, 3.63) is 45.3 Å². The van der Waals surface area contributed by atoms with E-state index in [1.54, 1.807) is 6.92 Å². The molecule has 0 aromatic carbocycles. The van der Waals surface area contributed by atoms with Gasteiger partial charge in [-0.3, -0.25) is 19.2 Å². The third-order valence-corrected chi connectivity index (χ3v) is 5.54. The Labute approximate surface area is 173 Å². The second kappa shape index (κ2) is 7.93. The SMILES string of the molecule is CCCC(=O)C1=C(O)C(CC2=C(O)C(C)(C)C(=O)C(C(C)=O)=C2O)=C(O)C(C)C1=O. The molecule has 0 aliphatic heterocycles. The van der Waals surface area contributed by atoms with Gasteiger partial charge >= 0.3 is 0 Å². The van der Waals surface area contributed by atoms with Crippen LogP contribution in [0.15, 0.2) is 45.3 Å². The van der Waals surface area contributed by atoms with Crippen molar-refractivity contribution in [3.63, 3.8) is 0 Å². The summed E-state index contributed by atoms with van der Waals surface area (Å²) in [6.45, 7) is 6.93. The molecule has 0 bridgehead atoms. The molecular weight excluding hydrogens is 392 g/mol. The van der Waals surface area contributed by atoms with Crippen molar-refractivity contribution in [2.24, 2.45) is 11.3 Å². The maximum absolute atomic E-state index is 12.5. The van der Waals surface area contributed by atoms with E-state index < -0.39 is 75.1 Å². The molecule has 0 aromatic rings. The lowest BCUT2D eigenvalue weighted by molar-refractivity contribution is -0.127. The van der Waals surface area contributed by atoms with Crippen LogP contribution >= 0.6 is 0 Å². The first kappa shape index (κ1) is 23.1. The fourth-order valence-electron chi connectivity index (χ4n) is 3.63. The Morgan fingerprint density at radius 2 is 1.50 bits per heavy atom. The third kappa shape index (κ3) is 3.46. The first-order valence-corrected chi connectivity index (χ1v) is 9.63. The molecule has 8 nitrogen and oxygen atoms in total. The Morgan fingerprint density at radius 3 is 2.00 bits per heavy atom. The van der Waals surface area contributed by atoms with Crippen LogP contribution in [0.1, 0.15) is 53.9 Å². The van der Waals surface area contributed by atoms with E-state index >= 15 is 0 Å². The van der Waals surface area contributed by atoms with Gasteiger partial charge in [0.25, 0.3) is 0 Å². The van der Waals surface area contributed by atoms with E-state index in [4.69, 9.17) is 0 Å². The van der Waals surface area contributed by atoms with Crippen LogP contribution in [0, 0.1) is 11.3 Å². The molecule has 0 saturated heterocycles. The lowest BCUT2D eigenvalue weighted by atomic mass is 9.72. The van der Waals surface area contributed by atoms with Gasteiger partial charge in [-0.1, -0.05) is 6.92 Å². The normalized spacial score (nSPS) is 22.2. The number of hydrogen-bond donors (Lipinski definition) is 4. The number of aliphatic hydroxyl groups is 4. The van der Waals surface area contributed by atoms with Crippen LogP contribution < -0.4 is 0 Å². The highest BCUT2D eigenvalue weighted by Gasteiger charge is 2.45. The summed E-state index contributed by atoms with van der Waals surface area (Å²) in [5.41, 5.74) is -2.96. The van der Waals surface area contributed by atoms with Crippen molar-refractivity contribution in [3.8, 4) is 0 Å². The van der Waals surface area contributed by atoms with E-state index in [1.807, 2.05) is 0 Å². The number of ketones is 4. The summed E-state index contributed by atoms with van der Waals surface area (Å²) >= 11 is 0. The van der Waals surface area contributed by atoms with Gasteiger partial charge in [0.15, 0.2) is 23.1 Å². The molecule has 0 amide bonds. The molecule has 0 spiro atoms. The van der Waals surface area contributed by atoms with Crippen molar-refractivity contribution in [1.29, 1.82) is 0 Å². The smallest absolute Gasteiger partial charge is 0.183 e. The number of hydrogen-bond acceptors (Lipinski definition) is 8. The number of carbonyl (C=O) groups excluding carboxylic acids is 4. The average Bonchev–Trinajstić information content (AvgIpc) is 2.65. The second-order valence-electron chi connectivity index (χ2n) is 8.08. The van der Waals surface area contributed by atoms with Gasteiger partial charge in [0.2, 0.25) is 0 Å². The predicted molar refractivity (Wildman–Crippen MR) is 107 cm³/mol. The first-order chi connectivity index (χ1) is 13.8. The summed E-state index contributed by atoms with van der Waals surface area (Å²) in [6.07, 6.45) is -0.0413. The third-order valence-electron chi connectivity index (χ3n) is 5.54. The molecule has 2 aliphatic rings. The fraction of sp³-hybridized carbons (Fsp3) is 0.455. The van der Waals surface area contributed by atoms with Crippen LogP contribution in [0.25, 0.3) is 0 Å². The number of aliphatic hydroxyl groups excluding tert-OH is 4. The maximum Gasteiger partial charge on any atom is 0.183 e. The summed E-state index contributed by atoms with van der Waals surface area (Å²) < 4.78 is 0. The molecule has 0 heterocycles. The molecular formula is C22H26O8. The van der Waals surface area contributed by atoms with Crippen molar-refractivity contribution in [1.82, 2.24) is 0 Å². The zero-order valence-corrected chi connectivity index (χ0v) is 17.6. The minimum absolute atomic E-state index is 0.0149. The number of rotatable bonds is 6. The highest BCUT2D eigenvalue weighted by atomic mass is 16.3. The molecule has 2 rings (SSSR count). The molecule has 162 valence electrons. The monoisotopic (exact) mass is 418 g/mol. The van der Waals surface area contributed by atoms with E-state index in [9.17, 15) is 39.6 Å². The molecule has 0 radical (unpaired) electrons. The van der Waals surface area contributed by atoms with Gasteiger partial charge < -0.3 is 20.4 Å². The van der Waals surface area contributed by atoms with E-state index in [-0.39, 0.29) is 17.6 Å². The Bertz CT molecular complexity index is 985. The number of carbonyl (C=O) groups is 4. The van der Waals surface area contributed by atoms with Gasteiger partial charge in [-0.15, -0.1) is 0 Å². The summed E-state index contributed by atoms with van der Waals surface area (Å²) in [7, 11) is 0. The Morgan fingerprint density at radius 1 is 0.967 bits per heavy atom. The molecule has 1 unspecified atom stereocenters. The maximum atomic E-state index is 12.5. The van der Waals surface area contributed by atoms with Crippen molar-refractivity contribution in [2.45, 2.75) is 53.9 Å². The van der Waals surface area contributed by atoms with Crippen LogP contribution in [0.5, 0.6) is 0 Å². The minimum atomic E-state index is -1.53. The van der Waals surface area contributed by atoms with E-state index in [0.717, 1.165) is 6.92 Å². The Hall–Kier alpha value is -3.16. The van der Waals surface area contributed by atoms with Crippen LogP contribution in [0.4, 0.5) is 0 Å². The lowest BCUT2D eigenvalue weighted by Gasteiger charge is -2.31. The van der Waals surface area contributed by atoms with Crippen LogP contribution in [0.2, 0.25) is 0 Å². The predicted octanol–water partition coefficient (Wildman–Crippen LogP) is 3.41. The average molecular weight is 418 g/mol. The number of allylic oxidation sites excluding steroid dienone is 6. The summed E-state index contributed by atoms with van der Waals surface area (Å²) in [6, 6.07) is 0. The quantitative estimate of drug-likeness (QED) is 0.479. The van der Waals surface area contributed by atoms with E-state index in [2.05, 4.69) is 0 Å². The van der Waals surface area contributed by atoms with Gasteiger partial charge in [-0.05, 0) is 34.1 Å². The fourth-order valence-corrected chi connectivity index (χ4v) is 3.63. The minimum Gasteiger partial charge on any atom is -0.511 e.